The van der Waals surface area contributed by atoms with Crippen LogP contribution in [0.4, 0.5) is 0 Å². The summed E-state index contributed by atoms with van der Waals surface area (Å²) in [6, 6.07) is 8.12. The number of fused-ring (bicyclic) bond motifs is 1. The summed E-state index contributed by atoms with van der Waals surface area (Å²) >= 11 is 0. The number of rotatable bonds is 3. The Balaban J connectivity index is 1.12. The van der Waals surface area contributed by atoms with Crippen LogP contribution in [0.2, 0.25) is 0 Å². The topological polar surface area (TPSA) is 70.7 Å². The largest absolute Gasteiger partial charge is 0.347 e. The molecule has 3 aliphatic rings. The van der Waals surface area contributed by atoms with Gasteiger partial charge in [-0.05, 0) is 38.1 Å². The lowest BCUT2D eigenvalue weighted by atomic mass is 9.93. The Morgan fingerprint density at radius 1 is 1.11 bits per heavy atom. The second kappa shape index (κ2) is 7.46. The molecule has 1 N–H and O–H groups in total. The Morgan fingerprint density at radius 3 is 2.54 bits per heavy atom. The molecule has 7 heteroatoms. The fourth-order valence-corrected chi connectivity index (χ4v) is 4.74. The number of H-pyrrole nitrogens is 1. The molecule has 28 heavy (non-hydrogen) atoms. The van der Waals surface area contributed by atoms with Gasteiger partial charge in [0.05, 0.1) is 30.8 Å². The number of carbonyl (C=O) groups excluding carboxylic acids is 1. The van der Waals surface area contributed by atoms with Crippen LogP contribution < -0.4 is 0 Å². The van der Waals surface area contributed by atoms with Crippen LogP contribution in [-0.2, 0) is 20.8 Å². The molecule has 0 unspecified atom stereocenters. The molecule has 7 nitrogen and oxygen atoms in total. The molecule has 2 aromatic rings. The van der Waals surface area contributed by atoms with Gasteiger partial charge in [-0.2, -0.15) is 0 Å². The highest BCUT2D eigenvalue weighted by Crippen LogP contribution is 2.32. The molecule has 1 aromatic heterocycles. The molecule has 0 saturated carbocycles. The van der Waals surface area contributed by atoms with Crippen LogP contribution >= 0.6 is 0 Å². The van der Waals surface area contributed by atoms with Crippen molar-refractivity contribution < 1.29 is 14.3 Å². The summed E-state index contributed by atoms with van der Waals surface area (Å²) < 4.78 is 11.5. The van der Waals surface area contributed by atoms with Crippen molar-refractivity contribution in [2.75, 3.05) is 39.4 Å². The minimum absolute atomic E-state index is 0.145. The highest BCUT2D eigenvalue weighted by molar-refractivity contribution is 5.79. The molecule has 3 aliphatic heterocycles. The predicted octanol–water partition coefficient (Wildman–Crippen LogP) is 2.14. The second-order valence-corrected chi connectivity index (χ2v) is 8.18. The van der Waals surface area contributed by atoms with Gasteiger partial charge in [-0.25, -0.2) is 4.98 Å². The number of amides is 1. The number of piperidine rings is 2. The van der Waals surface area contributed by atoms with E-state index >= 15 is 0 Å². The minimum atomic E-state index is -0.410. The van der Waals surface area contributed by atoms with Crippen LogP contribution in [0, 0.1) is 5.92 Å². The van der Waals surface area contributed by atoms with Gasteiger partial charge in [-0.3, -0.25) is 9.69 Å². The third-order valence-corrected chi connectivity index (χ3v) is 6.40. The fraction of sp³-hybridized carbons (Fsp3) is 0.619. The lowest BCUT2D eigenvalue weighted by molar-refractivity contribution is -0.188. The third-order valence-electron chi connectivity index (χ3n) is 6.40. The zero-order valence-corrected chi connectivity index (χ0v) is 16.2. The molecule has 1 amide bonds. The number of aromatic amines is 1. The zero-order valence-electron chi connectivity index (χ0n) is 16.2. The average molecular weight is 384 g/mol. The number of hydrogen-bond donors (Lipinski definition) is 1. The first-order valence-electron chi connectivity index (χ1n) is 10.4. The van der Waals surface area contributed by atoms with Gasteiger partial charge in [0.1, 0.15) is 5.82 Å². The van der Waals surface area contributed by atoms with Crippen molar-refractivity contribution >= 4 is 16.9 Å². The van der Waals surface area contributed by atoms with Gasteiger partial charge >= 0.3 is 0 Å². The number of nitrogens with zero attached hydrogens (tertiary/aromatic N) is 3. The fourth-order valence-electron chi connectivity index (χ4n) is 4.74. The van der Waals surface area contributed by atoms with Crippen LogP contribution in [0.15, 0.2) is 24.3 Å². The van der Waals surface area contributed by atoms with Gasteiger partial charge in [-0.1, -0.05) is 12.1 Å². The normalized spacial score (nSPS) is 23.6. The zero-order chi connectivity index (χ0) is 19.0. The summed E-state index contributed by atoms with van der Waals surface area (Å²) in [6.07, 6.45) is 3.44. The molecule has 0 bridgehead atoms. The summed E-state index contributed by atoms with van der Waals surface area (Å²) in [5.74, 6) is 1.05. The van der Waals surface area contributed by atoms with Crippen molar-refractivity contribution in [3.8, 4) is 0 Å². The van der Waals surface area contributed by atoms with Crippen molar-refractivity contribution in [3.63, 3.8) is 0 Å². The lowest BCUT2D eigenvalue weighted by Crippen LogP contribution is -2.50. The van der Waals surface area contributed by atoms with Crippen LogP contribution in [0.3, 0.4) is 0 Å². The molecule has 3 saturated heterocycles. The monoisotopic (exact) mass is 384 g/mol. The molecule has 0 aliphatic carbocycles. The first-order valence-corrected chi connectivity index (χ1v) is 10.4. The molecule has 4 heterocycles. The molecule has 0 radical (unpaired) electrons. The van der Waals surface area contributed by atoms with Gasteiger partial charge in [0.2, 0.25) is 5.91 Å². The number of ether oxygens (including phenoxy) is 2. The second-order valence-electron chi connectivity index (χ2n) is 8.18. The van der Waals surface area contributed by atoms with E-state index in [4.69, 9.17) is 9.47 Å². The maximum atomic E-state index is 12.9. The molecule has 1 spiro atoms. The molecule has 3 fully saturated rings. The number of hydrogen-bond acceptors (Lipinski definition) is 5. The van der Waals surface area contributed by atoms with Gasteiger partial charge < -0.3 is 19.4 Å². The van der Waals surface area contributed by atoms with Crippen LogP contribution in [0.1, 0.15) is 31.5 Å². The van der Waals surface area contributed by atoms with Gasteiger partial charge in [0, 0.05) is 31.8 Å². The van der Waals surface area contributed by atoms with Crippen molar-refractivity contribution in [1.29, 1.82) is 0 Å². The maximum Gasteiger partial charge on any atom is 0.225 e. The van der Waals surface area contributed by atoms with E-state index < -0.39 is 5.79 Å². The van der Waals surface area contributed by atoms with Crippen LogP contribution in [0.5, 0.6) is 0 Å². The summed E-state index contributed by atoms with van der Waals surface area (Å²) in [5.41, 5.74) is 2.10. The van der Waals surface area contributed by atoms with Crippen molar-refractivity contribution in [1.82, 2.24) is 19.8 Å². The SMILES string of the molecule is O=C(C1CCN(Cc2nc3ccccc3[nH]2)CC1)N1CCC2(CC1)OCCO2. The first kappa shape index (κ1) is 18.1. The Morgan fingerprint density at radius 2 is 1.82 bits per heavy atom. The minimum Gasteiger partial charge on any atom is -0.347 e. The molecule has 5 rings (SSSR count). The molecule has 0 atom stereocenters. The maximum absolute atomic E-state index is 12.9. The van der Waals surface area contributed by atoms with E-state index in [0.29, 0.717) is 19.1 Å². The first-order chi connectivity index (χ1) is 13.7. The summed E-state index contributed by atoms with van der Waals surface area (Å²) in [6.45, 7) is 5.55. The van der Waals surface area contributed by atoms with Gasteiger partial charge in [0.15, 0.2) is 5.79 Å². The van der Waals surface area contributed by atoms with Crippen LogP contribution in [0.25, 0.3) is 11.0 Å². The summed E-state index contributed by atoms with van der Waals surface area (Å²) in [5, 5.41) is 0. The lowest BCUT2D eigenvalue weighted by Gasteiger charge is -2.40. The molecular formula is C21H28N4O3. The van der Waals surface area contributed by atoms with Crippen molar-refractivity contribution in [2.45, 2.75) is 38.0 Å². The van der Waals surface area contributed by atoms with E-state index in [1.165, 1.54) is 0 Å². The van der Waals surface area contributed by atoms with Gasteiger partial charge in [-0.15, -0.1) is 0 Å². The van der Waals surface area contributed by atoms with E-state index in [9.17, 15) is 4.79 Å². The molecule has 1 aromatic carbocycles. The Kier molecular flexibility index (Phi) is 4.82. The van der Waals surface area contributed by atoms with E-state index in [1.54, 1.807) is 0 Å². The van der Waals surface area contributed by atoms with E-state index in [-0.39, 0.29) is 5.92 Å². The third kappa shape index (κ3) is 3.54. The Hall–Kier alpha value is -1.96. The average Bonchev–Trinajstić information content (AvgIpc) is 3.35. The number of carbonyl (C=O) groups is 1. The highest BCUT2D eigenvalue weighted by Gasteiger charge is 2.41. The highest BCUT2D eigenvalue weighted by atomic mass is 16.7. The number of likely N-dealkylation sites (tertiary alicyclic amines) is 2. The number of aromatic nitrogens is 2. The molecular weight excluding hydrogens is 356 g/mol. The Bertz CT molecular complexity index is 794. The summed E-state index contributed by atoms with van der Waals surface area (Å²) in [4.78, 5) is 25.4. The number of nitrogens with one attached hydrogen (secondary N) is 1. The molecule has 150 valence electrons. The Labute approximate surface area is 165 Å². The quantitative estimate of drug-likeness (QED) is 0.878. The van der Waals surface area contributed by atoms with Crippen molar-refractivity contribution in [3.05, 3.63) is 30.1 Å². The van der Waals surface area contributed by atoms with E-state index in [1.807, 2.05) is 23.1 Å². The predicted molar refractivity (Wildman–Crippen MR) is 105 cm³/mol. The smallest absolute Gasteiger partial charge is 0.225 e. The summed E-state index contributed by atoms with van der Waals surface area (Å²) in [7, 11) is 0. The van der Waals surface area contributed by atoms with Gasteiger partial charge in [0.25, 0.3) is 0 Å². The number of benzene rings is 1. The number of para-hydroxylation sites is 2. The number of imidazole rings is 1. The van der Waals surface area contributed by atoms with E-state index in [0.717, 1.165) is 75.3 Å². The van der Waals surface area contributed by atoms with Crippen LogP contribution in [-0.4, -0.2) is 70.9 Å². The standard InChI is InChI=1S/C21H28N4O3/c26-20(25-11-7-21(8-12-25)27-13-14-28-21)16-5-9-24(10-6-16)15-19-22-17-3-1-2-4-18(17)23-19/h1-4,16H,5-15H2,(H,22,23). The van der Waals surface area contributed by atoms with Crippen molar-refractivity contribution in [2.24, 2.45) is 5.92 Å². The van der Waals surface area contributed by atoms with E-state index in [2.05, 4.69) is 20.9 Å².